The molecule has 0 saturated heterocycles. The van der Waals surface area contributed by atoms with Crippen molar-refractivity contribution in [2.24, 2.45) is 0 Å². The van der Waals surface area contributed by atoms with Crippen LogP contribution in [0, 0.1) is 5.82 Å². The van der Waals surface area contributed by atoms with Crippen molar-refractivity contribution in [3.63, 3.8) is 0 Å². The van der Waals surface area contributed by atoms with Crippen LogP contribution in [-0.4, -0.2) is 35.1 Å². The number of imidazole rings is 1. The summed E-state index contributed by atoms with van der Waals surface area (Å²) in [6.07, 6.45) is 5.97. The number of nitrogens with zero attached hydrogens (tertiary/aromatic N) is 5. The standard InChI is InChI=1S/C17H10FN7/c18-14-13-12(7-21-15(14)9-5-19-8-20-6-9)24-25-16(13)17-22-10-3-1-2-4-11(10)23-17/h1-8H,(H,22,23)(H,24,25). The van der Waals surface area contributed by atoms with Gasteiger partial charge in [-0.25, -0.2) is 19.3 Å². The third kappa shape index (κ3) is 2.08. The van der Waals surface area contributed by atoms with E-state index >= 15 is 4.39 Å². The minimum Gasteiger partial charge on any atom is -0.337 e. The number of pyridine rings is 1. The zero-order valence-corrected chi connectivity index (χ0v) is 12.7. The number of hydrogen-bond donors (Lipinski definition) is 2. The average Bonchev–Trinajstić information content (AvgIpc) is 3.27. The summed E-state index contributed by atoms with van der Waals surface area (Å²) in [6, 6.07) is 7.60. The number of halogens is 1. The van der Waals surface area contributed by atoms with E-state index in [2.05, 4.69) is 35.1 Å². The first-order valence-corrected chi connectivity index (χ1v) is 7.54. The van der Waals surface area contributed by atoms with Crippen LogP contribution in [0.1, 0.15) is 0 Å². The van der Waals surface area contributed by atoms with Gasteiger partial charge in [0, 0.05) is 18.0 Å². The van der Waals surface area contributed by atoms with Gasteiger partial charge in [-0.1, -0.05) is 12.1 Å². The van der Waals surface area contributed by atoms with E-state index in [9.17, 15) is 0 Å². The van der Waals surface area contributed by atoms with Crippen LogP contribution in [-0.2, 0) is 0 Å². The average molecular weight is 331 g/mol. The molecule has 0 atom stereocenters. The van der Waals surface area contributed by atoms with E-state index in [1.54, 1.807) is 6.20 Å². The SMILES string of the molecule is Fc1c(-c2cncnc2)ncc2[nH]nc(-c3nc4ccccc4[nH]3)c12. The van der Waals surface area contributed by atoms with Crippen molar-refractivity contribution in [2.75, 3.05) is 0 Å². The van der Waals surface area contributed by atoms with Gasteiger partial charge in [0.1, 0.15) is 17.7 Å². The van der Waals surface area contributed by atoms with Crippen LogP contribution in [0.25, 0.3) is 44.7 Å². The quantitative estimate of drug-likeness (QED) is 0.518. The first-order valence-electron chi connectivity index (χ1n) is 7.54. The number of aromatic amines is 2. The van der Waals surface area contributed by atoms with Crippen LogP contribution in [0.15, 0.2) is 49.2 Å². The second kappa shape index (κ2) is 5.17. The first kappa shape index (κ1) is 13.7. The van der Waals surface area contributed by atoms with E-state index in [-0.39, 0.29) is 5.69 Å². The maximum Gasteiger partial charge on any atom is 0.161 e. The number of benzene rings is 1. The molecule has 2 N–H and O–H groups in total. The Morgan fingerprint density at radius 2 is 1.76 bits per heavy atom. The van der Waals surface area contributed by atoms with Gasteiger partial charge < -0.3 is 4.98 Å². The van der Waals surface area contributed by atoms with Gasteiger partial charge in [0.2, 0.25) is 0 Å². The fourth-order valence-corrected chi connectivity index (χ4v) is 2.83. The Hall–Kier alpha value is -3.68. The Morgan fingerprint density at radius 1 is 0.920 bits per heavy atom. The van der Waals surface area contributed by atoms with E-state index in [0.717, 1.165) is 11.0 Å². The van der Waals surface area contributed by atoms with Gasteiger partial charge >= 0.3 is 0 Å². The molecule has 4 heterocycles. The lowest BCUT2D eigenvalue weighted by Crippen LogP contribution is -1.93. The molecule has 0 spiro atoms. The molecule has 0 aliphatic rings. The lowest BCUT2D eigenvalue weighted by molar-refractivity contribution is 0.638. The Kier molecular flexibility index (Phi) is 2.84. The molecule has 5 aromatic rings. The van der Waals surface area contributed by atoms with Crippen molar-refractivity contribution in [3.8, 4) is 22.8 Å². The highest BCUT2D eigenvalue weighted by Crippen LogP contribution is 2.31. The molecule has 120 valence electrons. The lowest BCUT2D eigenvalue weighted by atomic mass is 10.1. The van der Waals surface area contributed by atoms with Crippen LogP contribution in [0.2, 0.25) is 0 Å². The van der Waals surface area contributed by atoms with Crippen LogP contribution in [0.3, 0.4) is 0 Å². The van der Waals surface area contributed by atoms with Gasteiger partial charge in [0.15, 0.2) is 11.6 Å². The predicted octanol–water partition coefficient (Wildman–Crippen LogP) is 3.10. The summed E-state index contributed by atoms with van der Waals surface area (Å²) in [6.45, 7) is 0. The van der Waals surface area contributed by atoms with Gasteiger partial charge in [0.05, 0.1) is 28.1 Å². The number of aromatic nitrogens is 7. The Labute approximate surface area is 140 Å². The highest BCUT2D eigenvalue weighted by molar-refractivity contribution is 5.95. The summed E-state index contributed by atoms with van der Waals surface area (Å²) in [5, 5.41) is 7.36. The zero-order chi connectivity index (χ0) is 16.8. The summed E-state index contributed by atoms with van der Waals surface area (Å²) in [4.78, 5) is 19.7. The van der Waals surface area contributed by atoms with Crippen LogP contribution in [0.4, 0.5) is 4.39 Å². The number of hydrogen-bond acceptors (Lipinski definition) is 5. The normalized spacial score (nSPS) is 11.4. The van der Waals surface area contributed by atoms with Crippen molar-refractivity contribution in [1.82, 2.24) is 35.1 Å². The third-order valence-corrected chi connectivity index (χ3v) is 3.99. The van der Waals surface area contributed by atoms with Crippen molar-refractivity contribution >= 4 is 21.9 Å². The van der Waals surface area contributed by atoms with Crippen molar-refractivity contribution < 1.29 is 4.39 Å². The summed E-state index contributed by atoms with van der Waals surface area (Å²) >= 11 is 0. The highest BCUT2D eigenvalue weighted by atomic mass is 19.1. The first-order chi connectivity index (χ1) is 12.3. The molecule has 8 heteroatoms. The Balaban J connectivity index is 1.77. The fraction of sp³-hybridized carbons (Fsp3) is 0. The molecule has 7 nitrogen and oxygen atoms in total. The summed E-state index contributed by atoms with van der Waals surface area (Å²) in [5.74, 6) is 0.00400. The van der Waals surface area contributed by atoms with E-state index in [4.69, 9.17) is 0 Å². The number of H-pyrrole nitrogens is 2. The minimum absolute atomic E-state index is 0.173. The smallest absolute Gasteiger partial charge is 0.161 e. The Morgan fingerprint density at radius 3 is 2.60 bits per heavy atom. The molecule has 5 rings (SSSR count). The van der Waals surface area contributed by atoms with E-state index in [1.807, 2.05) is 24.3 Å². The van der Waals surface area contributed by atoms with Crippen LogP contribution >= 0.6 is 0 Å². The number of nitrogens with one attached hydrogen (secondary N) is 2. The van der Waals surface area contributed by atoms with Crippen LogP contribution in [0.5, 0.6) is 0 Å². The van der Waals surface area contributed by atoms with Gasteiger partial charge in [-0.2, -0.15) is 5.10 Å². The van der Waals surface area contributed by atoms with Gasteiger partial charge in [-0.05, 0) is 12.1 Å². The number of para-hydroxylation sites is 2. The summed E-state index contributed by atoms with van der Waals surface area (Å²) in [7, 11) is 0. The summed E-state index contributed by atoms with van der Waals surface area (Å²) in [5.41, 5.74) is 3.22. The van der Waals surface area contributed by atoms with Crippen molar-refractivity contribution in [3.05, 3.63) is 55.0 Å². The molecule has 4 aromatic heterocycles. The largest absolute Gasteiger partial charge is 0.337 e. The molecule has 0 radical (unpaired) electrons. The Bertz CT molecular complexity index is 1180. The molecule has 0 saturated carbocycles. The predicted molar refractivity (Wildman–Crippen MR) is 90.0 cm³/mol. The molecular formula is C17H10FN7. The second-order valence-corrected chi connectivity index (χ2v) is 5.51. The maximum absolute atomic E-state index is 15.2. The van der Waals surface area contributed by atoms with Gasteiger partial charge in [0.25, 0.3) is 0 Å². The fourth-order valence-electron chi connectivity index (χ4n) is 2.83. The summed E-state index contributed by atoms with van der Waals surface area (Å²) < 4.78 is 15.2. The minimum atomic E-state index is -0.489. The molecule has 0 amide bonds. The topological polar surface area (TPSA) is 96.0 Å². The van der Waals surface area contributed by atoms with E-state index in [1.165, 1.54) is 18.7 Å². The van der Waals surface area contributed by atoms with E-state index < -0.39 is 5.82 Å². The lowest BCUT2D eigenvalue weighted by Gasteiger charge is -2.03. The number of rotatable bonds is 2. The molecule has 0 aliphatic heterocycles. The van der Waals surface area contributed by atoms with Crippen LogP contribution < -0.4 is 0 Å². The number of fused-ring (bicyclic) bond motifs is 2. The maximum atomic E-state index is 15.2. The van der Waals surface area contributed by atoms with Crippen molar-refractivity contribution in [1.29, 1.82) is 0 Å². The molecule has 0 aliphatic carbocycles. The van der Waals surface area contributed by atoms with E-state index in [0.29, 0.717) is 28.0 Å². The van der Waals surface area contributed by atoms with Gasteiger partial charge in [-0.3, -0.25) is 10.1 Å². The second-order valence-electron chi connectivity index (χ2n) is 5.51. The van der Waals surface area contributed by atoms with Gasteiger partial charge in [-0.15, -0.1) is 0 Å². The molecule has 25 heavy (non-hydrogen) atoms. The molecule has 1 aromatic carbocycles. The molecule has 0 unspecified atom stereocenters. The zero-order valence-electron chi connectivity index (χ0n) is 12.7. The van der Waals surface area contributed by atoms with Crippen molar-refractivity contribution in [2.45, 2.75) is 0 Å². The third-order valence-electron chi connectivity index (χ3n) is 3.99. The molecule has 0 fully saturated rings. The highest BCUT2D eigenvalue weighted by Gasteiger charge is 2.20. The molecule has 0 bridgehead atoms. The monoisotopic (exact) mass is 331 g/mol. The molecular weight excluding hydrogens is 321 g/mol.